The maximum Gasteiger partial charge on any atom is 0.0147 e. The smallest absolute Gasteiger partial charge is 0.0147 e. The fourth-order valence-corrected chi connectivity index (χ4v) is 0.971. The number of hydrogen-bond donors (Lipinski definition) is 1. The first kappa shape index (κ1) is 6.40. The summed E-state index contributed by atoms with van der Waals surface area (Å²) in [4.78, 5) is 0. The van der Waals surface area contributed by atoms with E-state index in [0.29, 0.717) is 0 Å². The van der Waals surface area contributed by atoms with Gasteiger partial charge in [0.2, 0.25) is 0 Å². The maximum absolute atomic E-state index is 3.30. The van der Waals surface area contributed by atoms with Crippen LogP contribution in [0.2, 0.25) is 0 Å². The molecule has 1 heteroatoms. The van der Waals surface area contributed by atoms with Crippen LogP contribution in [-0.2, 0) is 0 Å². The molecule has 1 rings (SSSR count). The molecule has 0 amide bonds. The van der Waals surface area contributed by atoms with Crippen LogP contribution in [0.25, 0.3) is 0 Å². The molecule has 0 atom stereocenters. The van der Waals surface area contributed by atoms with Crippen LogP contribution in [0, 0.1) is 0 Å². The van der Waals surface area contributed by atoms with E-state index in [0.717, 1.165) is 6.54 Å². The average molecular weight is 123 g/mol. The molecule has 1 nitrogen and oxygen atoms in total. The Morgan fingerprint density at radius 2 is 2.44 bits per heavy atom. The summed E-state index contributed by atoms with van der Waals surface area (Å²) in [5.41, 5.74) is 1.38. The SMILES string of the molecule is C/C=C\C=C1/CCCN1. The zero-order chi connectivity index (χ0) is 6.53. The van der Waals surface area contributed by atoms with E-state index >= 15 is 0 Å². The fourth-order valence-electron chi connectivity index (χ4n) is 0.971. The average Bonchev–Trinajstić information content (AvgIpc) is 2.34. The zero-order valence-corrected chi connectivity index (χ0v) is 5.85. The highest BCUT2D eigenvalue weighted by molar-refractivity contribution is 5.12. The van der Waals surface area contributed by atoms with Crippen LogP contribution >= 0.6 is 0 Å². The lowest BCUT2D eigenvalue weighted by Crippen LogP contribution is -2.02. The van der Waals surface area contributed by atoms with Crippen LogP contribution in [0.5, 0.6) is 0 Å². The van der Waals surface area contributed by atoms with Gasteiger partial charge < -0.3 is 5.32 Å². The van der Waals surface area contributed by atoms with Crippen molar-refractivity contribution in [2.75, 3.05) is 6.54 Å². The van der Waals surface area contributed by atoms with E-state index in [9.17, 15) is 0 Å². The van der Waals surface area contributed by atoms with Crippen molar-refractivity contribution in [3.63, 3.8) is 0 Å². The molecule has 1 aliphatic heterocycles. The van der Waals surface area contributed by atoms with E-state index in [2.05, 4.69) is 17.5 Å². The monoisotopic (exact) mass is 123 g/mol. The van der Waals surface area contributed by atoms with Gasteiger partial charge in [0.1, 0.15) is 0 Å². The summed E-state index contributed by atoms with van der Waals surface area (Å²) in [6.45, 7) is 3.19. The Labute approximate surface area is 56.5 Å². The predicted octanol–water partition coefficient (Wildman–Crippen LogP) is 1.83. The van der Waals surface area contributed by atoms with Crippen molar-refractivity contribution >= 4 is 0 Å². The lowest BCUT2D eigenvalue weighted by atomic mass is 10.3. The van der Waals surface area contributed by atoms with E-state index in [1.54, 1.807) is 0 Å². The lowest BCUT2D eigenvalue weighted by molar-refractivity contribution is 0.903. The second kappa shape index (κ2) is 3.33. The van der Waals surface area contributed by atoms with Crippen molar-refractivity contribution in [3.05, 3.63) is 23.9 Å². The molecule has 0 aliphatic carbocycles. The van der Waals surface area contributed by atoms with Crippen LogP contribution in [0.4, 0.5) is 0 Å². The van der Waals surface area contributed by atoms with E-state index in [-0.39, 0.29) is 0 Å². The summed E-state index contributed by atoms with van der Waals surface area (Å²) in [5.74, 6) is 0. The minimum absolute atomic E-state index is 1.16. The number of hydrogen-bond acceptors (Lipinski definition) is 1. The standard InChI is InChI=1S/C8H13N/c1-2-3-5-8-6-4-7-9-8/h2-3,5,9H,4,6-7H2,1H3/b3-2-,8-5+. The summed E-state index contributed by atoms with van der Waals surface area (Å²) in [6.07, 6.45) is 8.79. The molecule has 0 aromatic carbocycles. The molecule has 1 saturated heterocycles. The Hall–Kier alpha value is -0.720. The highest BCUT2D eigenvalue weighted by Crippen LogP contribution is 2.07. The summed E-state index contributed by atoms with van der Waals surface area (Å²) in [5, 5.41) is 3.30. The topological polar surface area (TPSA) is 12.0 Å². The van der Waals surface area contributed by atoms with Crippen molar-refractivity contribution in [1.82, 2.24) is 5.32 Å². The first-order chi connectivity index (χ1) is 4.43. The molecule has 0 aromatic heterocycles. The summed E-state index contributed by atoms with van der Waals surface area (Å²) < 4.78 is 0. The third kappa shape index (κ3) is 1.92. The van der Waals surface area contributed by atoms with Gasteiger partial charge in [-0.15, -0.1) is 0 Å². The molecule has 0 aromatic rings. The summed E-state index contributed by atoms with van der Waals surface area (Å²) >= 11 is 0. The van der Waals surface area contributed by atoms with Crippen LogP contribution in [0.3, 0.4) is 0 Å². The van der Waals surface area contributed by atoms with Gasteiger partial charge in [0.25, 0.3) is 0 Å². The summed E-state index contributed by atoms with van der Waals surface area (Å²) in [6, 6.07) is 0. The first-order valence-corrected chi connectivity index (χ1v) is 3.49. The second-order valence-corrected chi connectivity index (χ2v) is 2.25. The molecule has 9 heavy (non-hydrogen) atoms. The molecular weight excluding hydrogens is 110 g/mol. The van der Waals surface area contributed by atoms with Crippen LogP contribution in [-0.4, -0.2) is 6.54 Å². The molecule has 0 saturated carbocycles. The zero-order valence-electron chi connectivity index (χ0n) is 5.85. The third-order valence-corrected chi connectivity index (χ3v) is 1.46. The molecule has 0 unspecified atom stereocenters. The Morgan fingerprint density at radius 3 is 3.00 bits per heavy atom. The summed E-state index contributed by atoms with van der Waals surface area (Å²) in [7, 11) is 0. The number of nitrogens with one attached hydrogen (secondary N) is 1. The van der Waals surface area contributed by atoms with Gasteiger partial charge in [-0.2, -0.15) is 0 Å². The fraction of sp³-hybridized carbons (Fsp3) is 0.500. The minimum Gasteiger partial charge on any atom is -0.388 e. The molecule has 1 aliphatic rings. The highest BCUT2D eigenvalue weighted by atomic mass is 14.9. The molecule has 50 valence electrons. The quantitative estimate of drug-likeness (QED) is 0.561. The Bertz CT molecular complexity index is 126. The third-order valence-electron chi connectivity index (χ3n) is 1.46. The van der Waals surface area contributed by atoms with E-state index in [1.165, 1.54) is 18.5 Å². The van der Waals surface area contributed by atoms with Gasteiger partial charge in [0, 0.05) is 12.2 Å². The largest absolute Gasteiger partial charge is 0.388 e. The van der Waals surface area contributed by atoms with Crippen molar-refractivity contribution in [1.29, 1.82) is 0 Å². The molecule has 1 fully saturated rings. The number of allylic oxidation sites excluding steroid dienone is 4. The van der Waals surface area contributed by atoms with Gasteiger partial charge in [0.05, 0.1) is 0 Å². The van der Waals surface area contributed by atoms with Gasteiger partial charge in [-0.25, -0.2) is 0 Å². The van der Waals surface area contributed by atoms with Gasteiger partial charge in [0.15, 0.2) is 0 Å². The normalized spacial score (nSPS) is 23.4. The highest BCUT2D eigenvalue weighted by Gasteiger charge is 2.01. The maximum atomic E-state index is 3.30. The van der Waals surface area contributed by atoms with Gasteiger partial charge in [-0.05, 0) is 25.8 Å². The number of rotatable bonds is 1. The second-order valence-electron chi connectivity index (χ2n) is 2.25. The van der Waals surface area contributed by atoms with Crippen LogP contribution in [0.15, 0.2) is 23.9 Å². The van der Waals surface area contributed by atoms with Crippen LogP contribution < -0.4 is 5.32 Å². The van der Waals surface area contributed by atoms with Gasteiger partial charge in [-0.3, -0.25) is 0 Å². The molecule has 0 spiro atoms. The lowest BCUT2D eigenvalue weighted by Gasteiger charge is -1.92. The van der Waals surface area contributed by atoms with Crippen molar-refractivity contribution in [3.8, 4) is 0 Å². The molecule has 1 N–H and O–H groups in total. The first-order valence-electron chi connectivity index (χ1n) is 3.49. The van der Waals surface area contributed by atoms with Gasteiger partial charge in [-0.1, -0.05) is 12.2 Å². The van der Waals surface area contributed by atoms with E-state index < -0.39 is 0 Å². The molecular formula is C8H13N. The molecule has 1 heterocycles. The Morgan fingerprint density at radius 1 is 1.56 bits per heavy atom. The predicted molar refractivity (Wildman–Crippen MR) is 40.1 cm³/mol. The molecule has 0 radical (unpaired) electrons. The van der Waals surface area contributed by atoms with E-state index in [4.69, 9.17) is 0 Å². The Kier molecular flexibility index (Phi) is 2.37. The van der Waals surface area contributed by atoms with E-state index in [1.807, 2.05) is 13.0 Å². The molecule has 0 bridgehead atoms. The van der Waals surface area contributed by atoms with Crippen molar-refractivity contribution in [2.45, 2.75) is 19.8 Å². The Balaban J connectivity index is 2.39. The van der Waals surface area contributed by atoms with Crippen LogP contribution in [0.1, 0.15) is 19.8 Å². The van der Waals surface area contributed by atoms with Gasteiger partial charge >= 0.3 is 0 Å². The minimum atomic E-state index is 1.16. The van der Waals surface area contributed by atoms with Crippen molar-refractivity contribution < 1.29 is 0 Å². The van der Waals surface area contributed by atoms with Crippen molar-refractivity contribution in [2.24, 2.45) is 0 Å².